The summed E-state index contributed by atoms with van der Waals surface area (Å²) < 4.78 is 12.1. The van der Waals surface area contributed by atoms with E-state index in [0.717, 1.165) is 65.1 Å². The quantitative estimate of drug-likeness (QED) is 0.511. The molecule has 0 unspecified atom stereocenters. The van der Waals surface area contributed by atoms with E-state index in [2.05, 4.69) is 36.9 Å². The molecule has 0 atom stereocenters. The van der Waals surface area contributed by atoms with E-state index in [1.54, 1.807) is 11.3 Å². The van der Waals surface area contributed by atoms with E-state index >= 15 is 0 Å². The van der Waals surface area contributed by atoms with Crippen molar-refractivity contribution in [3.05, 3.63) is 53.1 Å². The van der Waals surface area contributed by atoms with Crippen LogP contribution in [-0.2, 0) is 16.0 Å². The van der Waals surface area contributed by atoms with Crippen LogP contribution in [0.2, 0.25) is 0 Å². The fourth-order valence-electron chi connectivity index (χ4n) is 3.96. The van der Waals surface area contributed by atoms with Gasteiger partial charge in [0, 0.05) is 26.2 Å². The van der Waals surface area contributed by atoms with Crippen molar-refractivity contribution in [2.24, 2.45) is 0 Å². The van der Waals surface area contributed by atoms with Crippen molar-refractivity contribution >= 4 is 32.6 Å². The van der Waals surface area contributed by atoms with Gasteiger partial charge in [-0.15, -0.1) is 0 Å². The number of nitrogens with zero attached hydrogens (tertiary/aromatic N) is 3. The molecule has 0 spiro atoms. The van der Waals surface area contributed by atoms with E-state index in [1.165, 1.54) is 5.56 Å². The van der Waals surface area contributed by atoms with Crippen molar-refractivity contribution in [1.29, 1.82) is 0 Å². The first-order valence-corrected chi connectivity index (χ1v) is 12.0. The highest BCUT2D eigenvalue weighted by Crippen LogP contribution is 2.32. The molecule has 4 rings (SSSR count). The van der Waals surface area contributed by atoms with E-state index < -0.39 is 0 Å². The summed E-state index contributed by atoms with van der Waals surface area (Å²) >= 11 is 1.55. The first-order valence-electron chi connectivity index (χ1n) is 11.2. The Morgan fingerprint density at radius 2 is 2.00 bits per heavy atom. The molecule has 1 aliphatic rings. The maximum Gasteiger partial charge on any atom is 0.233 e. The largest absolute Gasteiger partial charge is 0.494 e. The van der Waals surface area contributed by atoms with Crippen LogP contribution in [-0.4, -0.2) is 61.8 Å². The Hall–Kier alpha value is -2.48. The highest BCUT2D eigenvalue weighted by molar-refractivity contribution is 7.22. The number of rotatable bonds is 8. The Kier molecular flexibility index (Phi) is 7.40. The maximum atomic E-state index is 13.5. The van der Waals surface area contributed by atoms with Gasteiger partial charge in [-0.3, -0.25) is 14.6 Å². The normalized spacial score (nSPS) is 14.6. The number of hydrogen-bond acceptors (Lipinski definition) is 6. The van der Waals surface area contributed by atoms with E-state index in [9.17, 15) is 4.79 Å². The molecular formula is C25H31N3O3S. The van der Waals surface area contributed by atoms with Crippen LogP contribution in [0, 0.1) is 13.8 Å². The van der Waals surface area contributed by atoms with Crippen LogP contribution in [0.5, 0.6) is 5.75 Å². The molecule has 1 amide bonds. The second-order valence-corrected chi connectivity index (χ2v) is 9.17. The van der Waals surface area contributed by atoms with Gasteiger partial charge >= 0.3 is 0 Å². The summed E-state index contributed by atoms with van der Waals surface area (Å²) in [4.78, 5) is 22.5. The fourth-order valence-corrected chi connectivity index (χ4v) is 5.00. The van der Waals surface area contributed by atoms with Gasteiger partial charge in [-0.25, -0.2) is 4.98 Å². The molecule has 32 heavy (non-hydrogen) atoms. The van der Waals surface area contributed by atoms with Crippen molar-refractivity contribution in [2.45, 2.75) is 27.2 Å². The number of fused-ring (bicyclic) bond motifs is 1. The van der Waals surface area contributed by atoms with Crippen LogP contribution < -0.4 is 9.64 Å². The first kappa shape index (κ1) is 22.7. The lowest BCUT2D eigenvalue weighted by atomic mass is 10.0. The Labute approximate surface area is 193 Å². The predicted molar refractivity (Wildman–Crippen MR) is 130 cm³/mol. The second kappa shape index (κ2) is 10.4. The zero-order valence-corrected chi connectivity index (χ0v) is 19.9. The molecule has 2 aromatic carbocycles. The zero-order valence-electron chi connectivity index (χ0n) is 19.1. The average molecular weight is 454 g/mol. The van der Waals surface area contributed by atoms with Crippen LogP contribution in [0.15, 0.2) is 36.4 Å². The summed E-state index contributed by atoms with van der Waals surface area (Å²) in [5, 5.41) is 0.747. The standard InChI is InChI=1S/C25H31N3O3S/c1-4-31-21-7-8-22-23(17-21)32-25(26-22)28(10-9-27-11-13-30-14-12-27)24(29)16-20-6-5-18(2)15-19(20)3/h5-8,15,17H,4,9-14,16H2,1-3H3. The Morgan fingerprint density at radius 3 is 2.75 bits per heavy atom. The van der Waals surface area contributed by atoms with Crippen LogP contribution >= 0.6 is 11.3 Å². The number of aryl methyl sites for hydroxylation is 2. The SMILES string of the molecule is CCOc1ccc2nc(N(CCN3CCOCC3)C(=O)Cc3ccc(C)cc3C)sc2c1. The zero-order chi connectivity index (χ0) is 22.5. The number of morpholine rings is 1. The molecule has 170 valence electrons. The number of carbonyl (C=O) groups excluding carboxylic acids is 1. The minimum atomic E-state index is 0.0781. The van der Waals surface area contributed by atoms with E-state index in [1.807, 2.05) is 30.0 Å². The smallest absolute Gasteiger partial charge is 0.233 e. The lowest BCUT2D eigenvalue weighted by Crippen LogP contribution is -2.43. The third-order valence-corrected chi connectivity index (χ3v) is 6.82. The predicted octanol–water partition coefficient (Wildman–Crippen LogP) is 4.22. The average Bonchev–Trinajstić information content (AvgIpc) is 3.20. The molecule has 1 aromatic heterocycles. The summed E-state index contributed by atoms with van der Waals surface area (Å²) in [6.07, 6.45) is 0.370. The van der Waals surface area contributed by atoms with Crippen LogP contribution in [0.3, 0.4) is 0 Å². The van der Waals surface area contributed by atoms with Gasteiger partial charge in [-0.2, -0.15) is 0 Å². The first-order chi connectivity index (χ1) is 15.5. The molecule has 0 aliphatic carbocycles. The number of thiazole rings is 1. The van der Waals surface area contributed by atoms with Crippen molar-refractivity contribution in [1.82, 2.24) is 9.88 Å². The van der Waals surface area contributed by atoms with Crippen molar-refractivity contribution in [3.63, 3.8) is 0 Å². The van der Waals surface area contributed by atoms with E-state index in [-0.39, 0.29) is 5.91 Å². The molecule has 1 aliphatic heterocycles. The van der Waals surface area contributed by atoms with Gasteiger partial charge in [-0.1, -0.05) is 35.1 Å². The minimum absolute atomic E-state index is 0.0781. The third-order valence-electron chi connectivity index (χ3n) is 5.77. The van der Waals surface area contributed by atoms with Gasteiger partial charge < -0.3 is 9.47 Å². The molecular weight excluding hydrogens is 422 g/mol. The molecule has 3 aromatic rings. The molecule has 0 saturated carbocycles. The minimum Gasteiger partial charge on any atom is -0.494 e. The number of carbonyl (C=O) groups is 1. The number of amides is 1. The number of aromatic nitrogens is 1. The second-order valence-electron chi connectivity index (χ2n) is 8.17. The number of hydrogen-bond donors (Lipinski definition) is 0. The molecule has 0 bridgehead atoms. The molecule has 1 fully saturated rings. The maximum absolute atomic E-state index is 13.5. The van der Waals surface area contributed by atoms with Crippen LogP contribution in [0.4, 0.5) is 5.13 Å². The highest BCUT2D eigenvalue weighted by Gasteiger charge is 2.22. The molecule has 6 nitrogen and oxygen atoms in total. The van der Waals surface area contributed by atoms with Gasteiger partial charge in [0.25, 0.3) is 0 Å². The van der Waals surface area contributed by atoms with Crippen molar-refractivity contribution in [3.8, 4) is 5.75 Å². The molecule has 7 heteroatoms. The lowest BCUT2D eigenvalue weighted by Gasteiger charge is -2.29. The lowest BCUT2D eigenvalue weighted by molar-refractivity contribution is -0.118. The topological polar surface area (TPSA) is 54.9 Å². The third kappa shape index (κ3) is 5.46. The monoisotopic (exact) mass is 453 g/mol. The summed E-state index contributed by atoms with van der Waals surface area (Å²) in [5.74, 6) is 0.908. The number of ether oxygens (including phenoxy) is 2. The Bertz CT molecular complexity index is 1080. The highest BCUT2D eigenvalue weighted by atomic mass is 32.1. The summed E-state index contributed by atoms with van der Waals surface area (Å²) in [5.41, 5.74) is 4.32. The van der Waals surface area contributed by atoms with Crippen LogP contribution in [0.1, 0.15) is 23.6 Å². The molecule has 2 heterocycles. The van der Waals surface area contributed by atoms with Crippen molar-refractivity contribution in [2.75, 3.05) is 50.9 Å². The fraction of sp³-hybridized carbons (Fsp3) is 0.440. The number of benzene rings is 2. The Morgan fingerprint density at radius 1 is 1.19 bits per heavy atom. The van der Waals surface area contributed by atoms with Crippen molar-refractivity contribution < 1.29 is 14.3 Å². The summed E-state index contributed by atoms with van der Waals surface area (Å²) in [6, 6.07) is 12.2. The molecule has 0 N–H and O–H groups in total. The van der Waals surface area contributed by atoms with E-state index in [4.69, 9.17) is 14.5 Å². The van der Waals surface area contributed by atoms with Crippen LogP contribution in [0.25, 0.3) is 10.2 Å². The van der Waals surface area contributed by atoms with Gasteiger partial charge in [0.2, 0.25) is 5.91 Å². The van der Waals surface area contributed by atoms with Gasteiger partial charge in [0.05, 0.1) is 36.5 Å². The number of anilines is 1. The summed E-state index contributed by atoms with van der Waals surface area (Å²) in [7, 11) is 0. The molecule has 1 saturated heterocycles. The molecule has 0 radical (unpaired) electrons. The van der Waals surface area contributed by atoms with Gasteiger partial charge in [-0.05, 0) is 50.1 Å². The summed E-state index contributed by atoms with van der Waals surface area (Å²) in [6.45, 7) is 11.5. The van der Waals surface area contributed by atoms with E-state index in [0.29, 0.717) is 19.6 Å². The van der Waals surface area contributed by atoms with Gasteiger partial charge in [0.15, 0.2) is 5.13 Å². The Balaban J connectivity index is 1.58. The van der Waals surface area contributed by atoms with Gasteiger partial charge in [0.1, 0.15) is 5.75 Å².